The average Bonchev–Trinajstić information content (AvgIpc) is 3.11. The number of methoxy groups -OCH3 is 4. The number of carbonyl (C=O) groups excluding carboxylic acids is 4. The maximum absolute atomic E-state index is 12.9. The van der Waals surface area contributed by atoms with Gasteiger partial charge in [-0.2, -0.15) is 0 Å². The van der Waals surface area contributed by atoms with Crippen LogP contribution in [0.25, 0.3) is 0 Å². The van der Waals surface area contributed by atoms with Gasteiger partial charge in [-0.05, 0) is 85.5 Å². The number of unbranched alkanes of at least 4 members (excludes halogenated alkanes) is 4. The lowest BCUT2D eigenvalue weighted by atomic mass is 10.0. The van der Waals surface area contributed by atoms with Crippen LogP contribution >= 0.6 is 0 Å². The molecule has 0 radical (unpaired) electrons. The summed E-state index contributed by atoms with van der Waals surface area (Å²) >= 11 is 0. The van der Waals surface area contributed by atoms with Crippen LogP contribution < -0.4 is 5.73 Å². The fraction of sp³-hybridized carbons (Fsp3) is 0.892. The molecule has 0 heterocycles. The Hall–Kier alpha value is -2.32. The second-order valence-electron chi connectivity index (χ2n) is 13.0. The third-order valence-electron chi connectivity index (χ3n) is 9.14. The van der Waals surface area contributed by atoms with Gasteiger partial charge >= 0.3 is 11.9 Å². The Kier molecular flexibility index (Phi) is 27.0. The summed E-state index contributed by atoms with van der Waals surface area (Å²) in [4.78, 5) is 54.5. The molecular weight excluding hydrogens is 646 g/mol. The SMILES string of the molecule is CCCCC(CCCCC(=O)N(C(C)OC)C(C)OC)OC(=O)CC[C@@H](N)C(=O)OC(CCCC)CCCCC(=O)N(C(C)OC)C(C)OC. The zero-order valence-electron chi connectivity index (χ0n) is 32.9. The normalized spacial score (nSPS) is 15.7. The van der Waals surface area contributed by atoms with E-state index in [4.69, 9.17) is 34.2 Å². The summed E-state index contributed by atoms with van der Waals surface area (Å²) < 4.78 is 33.0. The van der Waals surface area contributed by atoms with E-state index >= 15 is 0 Å². The van der Waals surface area contributed by atoms with Crippen molar-refractivity contribution in [2.75, 3.05) is 28.4 Å². The number of ether oxygens (including phenoxy) is 6. The highest BCUT2D eigenvalue weighted by atomic mass is 16.6. The van der Waals surface area contributed by atoms with Crippen molar-refractivity contribution in [3.63, 3.8) is 0 Å². The lowest BCUT2D eigenvalue weighted by molar-refractivity contribution is -0.165. The molecule has 0 rings (SSSR count). The molecule has 0 aliphatic carbocycles. The number of esters is 2. The Morgan fingerprint density at radius 3 is 1.24 bits per heavy atom. The summed E-state index contributed by atoms with van der Waals surface area (Å²) in [5, 5.41) is 0. The van der Waals surface area contributed by atoms with Gasteiger partial charge in [0.25, 0.3) is 0 Å². The molecule has 2 N–H and O–H groups in total. The summed E-state index contributed by atoms with van der Waals surface area (Å²) in [5.74, 6) is -1.05. The van der Waals surface area contributed by atoms with Gasteiger partial charge in [0.15, 0.2) is 0 Å². The van der Waals surface area contributed by atoms with Crippen LogP contribution in [0.15, 0.2) is 0 Å². The minimum absolute atomic E-state index is 0.00812. The molecule has 0 aliphatic rings. The molecule has 6 unspecified atom stereocenters. The Balaban J connectivity index is 4.89. The van der Waals surface area contributed by atoms with Crippen LogP contribution in [0.5, 0.6) is 0 Å². The van der Waals surface area contributed by atoms with Crippen molar-refractivity contribution < 1.29 is 47.6 Å². The summed E-state index contributed by atoms with van der Waals surface area (Å²) in [7, 11) is 6.21. The topological polar surface area (TPSA) is 156 Å². The molecule has 0 aromatic heterocycles. The van der Waals surface area contributed by atoms with Crippen LogP contribution in [0.3, 0.4) is 0 Å². The molecule has 0 bridgehead atoms. The predicted octanol–water partition coefficient (Wildman–Crippen LogP) is 6.05. The van der Waals surface area contributed by atoms with Crippen LogP contribution in [0.2, 0.25) is 0 Å². The third kappa shape index (κ3) is 19.3. The van der Waals surface area contributed by atoms with Crippen LogP contribution in [0, 0.1) is 0 Å². The summed E-state index contributed by atoms with van der Waals surface area (Å²) in [6, 6.07) is -0.945. The number of carbonyl (C=O) groups is 4. The van der Waals surface area contributed by atoms with Gasteiger partial charge in [-0.1, -0.05) is 39.5 Å². The second kappa shape index (κ2) is 28.3. The molecule has 0 aromatic carbocycles. The molecule has 50 heavy (non-hydrogen) atoms. The fourth-order valence-corrected chi connectivity index (χ4v) is 5.69. The average molecular weight is 718 g/mol. The maximum Gasteiger partial charge on any atom is 0.323 e. The van der Waals surface area contributed by atoms with Gasteiger partial charge in [-0.25, -0.2) is 0 Å². The highest BCUT2D eigenvalue weighted by Crippen LogP contribution is 2.19. The second-order valence-corrected chi connectivity index (χ2v) is 13.0. The van der Waals surface area contributed by atoms with E-state index in [1.807, 2.05) is 0 Å². The van der Waals surface area contributed by atoms with Crippen molar-refractivity contribution in [2.24, 2.45) is 5.73 Å². The molecule has 0 saturated carbocycles. The quantitative estimate of drug-likeness (QED) is 0.0525. The van der Waals surface area contributed by atoms with Gasteiger partial charge in [-0.15, -0.1) is 0 Å². The summed E-state index contributed by atoms with van der Waals surface area (Å²) in [5.41, 5.74) is 6.17. The Morgan fingerprint density at radius 1 is 0.520 bits per heavy atom. The van der Waals surface area contributed by atoms with Gasteiger partial charge in [-0.3, -0.25) is 29.0 Å². The van der Waals surface area contributed by atoms with E-state index in [9.17, 15) is 19.2 Å². The Bertz CT molecular complexity index is 919. The van der Waals surface area contributed by atoms with Gasteiger partial charge in [0.05, 0.1) is 0 Å². The Labute approximate surface area is 302 Å². The van der Waals surface area contributed by atoms with E-state index in [2.05, 4.69) is 13.8 Å². The van der Waals surface area contributed by atoms with Gasteiger partial charge in [0.1, 0.15) is 43.2 Å². The lowest BCUT2D eigenvalue weighted by Crippen LogP contribution is -2.46. The molecule has 13 nitrogen and oxygen atoms in total. The van der Waals surface area contributed by atoms with Gasteiger partial charge < -0.3 is 34.2 Å². The first kappa shape index (κ1) is 47.7. The molecule has 0 aromatic rings. The number of hydrogen-bond donors (Lipinski definition) is 1. The van der Waals surface area contributed by atoms with Crippen LogP contribution in [0.4, 0.5) is 0 Å². The highest BCUT2D eigenvalue weighted by Gasteiger charge is 2.27. The van der Waals surface area contributed by atoms with Crippen molar-refractivity contribution in [2.45, 2.75) is 187 Å². The molecule has 0 spiro atoms. The first-order chi connectivity index (χ1) is 23.8. The van der Waals surface area contributed by atoms with Crippen LogP contribution in [-0.4, -0.2) is 105 Å². The number of hydrogen-bond acceptors (Lipinski definition) is 11. The first-order valence-corrected chi connectivity index (χ1v) is 18.7. The molecule has 0 fully saturated rings. The van der Waals surface area contributed by atoms with Crippen molar-refractivity contribution in [1.29, 1.82) is 0 Å². The fourth-order valence-electron chi connectivity index (χ4n) is 5.69. The molecule has 0 saturated heterocycles. The first-order valence-electron chi connectivity index (χ1n) is 18.7. The number of amides is 2. The molecule has 13 heteroatoms. The summed E-state index contributed by atoms with van der Waals surface area (Å²) in [6.07, 6.45) is 7.73. The van der Waals surface area contributed by atoms with Crippen molar-refractivity contribution >= 4 is 23.8 Å². The zero-order valence-corrected chi connectivity index (χ0v) is 32.9. The molecule has 7 atom stereocenters. The van der Waals surface area contributed by atoms with E-state index in [0.717, 1.165) is 38.5 Å². The van der Waals surface area contributed by atoms with E-state index < -0.39 is 42.9 Å². The van der Waals surface area contributed by atoms with Gasteiger partial charge in [0, 0.05) is 47.7 Å². The van der Waals surface area contributed by atoms with E-state index in [1.54, 1.807) is 65.9 Å². The van der Waals surface area contributed by atoms with Crippen LogP contribution in [-0.2, 0) is 47.6 Å². The monoisotopic (exact) mass is 718 g/mol. The standard InChI is InChI=1S/C37H71N3O10/c1-11-13-19-31(21-15-17-23-34(41)39(27(3)45-7)28(4)46-8)49-36(43)26-25-33(38)37(44)50-32(20-14-12-2)22-16-18-24-35(42)40(29(5)47-9)30(6)48-10/h27-33H,11-26,38H2,1-10H3/t27?,28?,29?,30?,31?,32?,33-/m1/s1. The number of rotatable bonds is 30. The molecule has 0 aliphatic heterocycles. The van der Waals surface area contributed by atoms with Crippen LogP contribution in [0.1, 0.15) is 144 Å². The van der Waals surface area contributed by atoms with E-state index in [-0.39, 0.29) is 36.9 Å². The smallest absolute Gasteiger partial charge is 0.323 e. The molecule has 2 amide bonds. The lowest BCUT2D eigenvalue weighted by Gasteiger charge is -2.32. The number of nitrogens with zero attached hydrogens (tertiary/aromatic N) is 2. The molecular formula is C37H71N3O10. The van der Waals surface area contributed by atoms with Crippen molar-refractivity contribution in [3.8, 4) is 0 Å². The van der Waals surface area contributed by atoms with Crippen molar-refractivity contribution in [3.05, 3.63) is 0 Å². The van der Waals surface area contributed by atoms with Gasteiger partial charge in [0.2, 0.25) is 11.8 Å². The summed E-state index contributed by atoms with van der Waals surface area (Å²) in [6.45, 7) is 11.4. The largest absolute Gasteiger partial charge is 0.462 e. The number of nitrogens with two attached hydrogens (primary N) is 1. The van der Waals surface area contributed by atoms with E-state index in [0.29, 0.717) is 51.4 Å². The van der Waals surface area contributed by atoms with E-state index in [1.165, 1.54) is 0 Å². The predicted molar refractivity (Wildman–Crippen MR) is 193 cm³/mol. The zero-order chi connectivity index (χ0) is 38.1. The minimum atomic E-state index is -0.945. The minimum Gasteiger partial charge on any atom is -0.462 e. The highest BCUT2D eigenvalue weighted by molar-refractivity contribution is 5.78. The molecule has 294 valence electrons. The maximum atomic E-state index is 12.9. The third-order valence-corrected chi connectivity index (χ3v) is 9.14. The van der Waals surface area contributed by atoms with Crippen molar-refractivity contribution in [1.82, 2.24) is 9.80 Å². The Morgan fingerprint density at radius 2 is 0.880 bits per heavy atom.